The summed E-state index contributed by atoms with van der Waals surface area (Å²) in [5.41, 5.74) is 4.56. The number of hydrogen-bond donors (Lipinski definition) is 0. The maximum Gasteiger partial charge on any atom is 0.136 e. The Morgan fingerprint density at radius 2 is 1.95 bits per heavy atom. The standard InChI is InChI=1S/C19H19O2.Y/c1-14-8-9-17-10-11-18(21-19(17)15(14)2)13-20-12-16-6-4-3-5-7-16;/h3-7,9-11,18H,12-13H2,1-2H3;/q-1;. The third-order valence-electron chi connectivity index (χ3n) is 3.76. The molecule has 2 nitrogen and oxygen atoms in total. The Hall–Kier alpha value is -0.956. The number of rotatable bonds is 4. The minimum absolute atomic E-state index is 0. The van der Waals surface area contributed by atoms with E-state index in [1.54, 1.807) is 0 Å². The smallest absolute Gasteiger partial charge is 0.136 e. The monoisotopic (exact) mass is 368 g/mol. The average Bonchev–Trinajstić information content (AvgIpc) is 2.52. The number of benzene rings is 2. The SMILES string of the molecule is Cc1[c-]cc2c(c1C)OC(COCc1ccccc1)C=C2.[Y]. The predicted octanol–water partition coefficient (Wildman–Crippen LogP) is 4.09. The third-order valence-corrected chi connectivity index (χ3v) is 3.76. The first-order chi connectivity index (χ1) is 10.2. The Bertz CT molecular complexity index is 650. The first-order valence-electron chi connectivity index (χ1n) is 7.22. The molecule has 0 saturated heterocycles. The van der Waals surface area contributed by atoms with Gasteiger partial charge in [-0.05, 0) is 5.56 Å². The van der Waals surface area contributed by atoms with Crippen LogP contribution in [-0.4, -0.2) is 12.7 Å². The van der Waals surface area contributed by atoms with Crippen LogP contribution in [0.2, 0.25) is 0 Å². The summed E-state index contributed by atoms with van der Waals surface area (Å²) in [5.74, 6) is 0.960. The normalized spacial score (nSPS) is 15.6. The van der Waals surface area contributed by atoms with Crippen LogP contribution in [0.15, 0.2) is 42.5 Å². The first kappa shape index (κ1) is 17.4. The molecule has 1 radical (unpaired) electrons. The molecule has 0 N–H and O–H groups in total. The van der Waals surface area contributed by atoms with E-state index in [4.69, 9.17) is 9.47 Å². The van der Waals surface area contributed by atoms with Gasteiger partial charge in [-0.15, -0.1) is 11.6 Å². The van der Waals surface area contributed by atoms with Gasteiger partial charge in [0, 0.05) is 38.5 Å². The van der Waals surface area contributed by atoms with E-state index in [0.29, 0.717) is 13.2 Å². The van der Waals surface area contributed by atoms with Crippen molar-refractivity contribution >= 4 is 6.08 Å². The van der Waals surface area contributed by atoms with Gasteiger partial charge in [0.15, 0.2) is 0 Å². The molecular formula is C19H19O2Y-. The van der Waals surface area contributed by atoms with Crippen LogP contribution in [0.5, 0.6) is 5.75 Å². The molecule has 1 aliphatic heterocycles. The molecule has 0 spiro atoms. The number of hydrogen-bond acceptors (Lipinski definition) is 2. The molecule has 3 heteroatoms. The molecule has 0 bridgehead atoms. The molecule has 0 fully saturated rings. The van der Waals surface area contributed by atoms with Gasteiger partial charge in [0.2, 0.25) is 0 Å². The molecule has 2 aromatic carbocycles. The van der Waals surface area contributed by atoms with Crippen molar-refractivity contribution < 1.29 is 42.2 Å². The summed E-state index contributed by atoms with van der Waals surface area (Å²) in [5, 5.41) is 0. The molecule has 111 valence electrons. The van der Waals surface area contributed by atoms with E-state index in [-0.39, 0.29) is 38.8 Å². The van der Waals surface area contributed by atoms with Gasteiger partial charge < -0.3 is 9.47 Å². The van der Waals surface area contributed by atoms with Crippen LogP contribution in [0.3, 0.4) is 0 Å². The van der Waals surface area contributed by atoms with E-state index in [1.165, 1.54) is 5.56 Å². The fourth-order valence-corrected chi connectivity index (χ4v) is 2.39. The van der Waals surface area contributed by atoms with E-state index < -0.39 is 0 Å². The van der Waals surface area contributed by atoms with Gasteiger partial charge >= 0.3 is 0 Å². The molecule has 1 unspecified atom stereocenters. The van der Waals surface area contributed by atoms with Gasteiger partial charge in [-0.1, -0.05) is 55.8 Å². The van der Waals surface area contributed by atoms with Crippen LogP contribution in [0.1, 0.15) is 22.3 Å². The van der Waals surface area contributed by atoms with Crippen molar-refractivity contribution in [2.24, 2.45) is 0 Å². The van der Waals surface area contributed by atoms with E-state index in [9.17, 15) is 0 Å². The first-order valence-corrected chi connectivity index (χ1v) is 7.22. The molecule has 1 heterocycles. The van der Waals surface area contributed by atoms with Gasteiger partial charge in [0.1, 0.15) is 6.10 Å². The van der Waals surface area contributed by atoms with Crippen molar-refractivity contribution in [2.45, 2.75) is 26.6 Å². The van der Waals surface area contributed by atoms with Crippen LogP contribution in [-0.2, 0) is 44.1 Å². The van der Waals surface area contributed by atoms with Gasteiger partial charge in [0.05, 0.1) is 13.2 Å². The van der Waals surface area contributed by atoms with Crippen molar-refractivity contribution in [3.63, 3.8) is 0 Å². The van der Waals surface area contributed by atoms with E-state index in [2.05, 4.69) is 44.2 Å². The average molecular weight is 368 g/mol. The Balaban J connectivity index is 0.00000176. The summed E-state index contributed by atoms with van der Waals surface area (Å²) in [6.07, 6.45) is 4.12. The van der Waals surface area contributed by atoms with Gasteiger partial charge in [-0.3, -0.25) is 0 Å². The van der Waals surface area contributed by atoms with Crippen molar-refractivity contribution in [1.82, 2.24) is 0 Å². The summed E-state index contributed by atoms with van der Waals surface area (Å²) >= 11 is 0. The molecule has 1 aliphatic rings. The largest absolute Gasteiger partial charge is 0.509 e. The van der Waals surface area contributed by atoms with E-state index in [0.717, 1.165) is 22.4 Å². The number of aryl methyl sites for hydroxylation is 1. The van der Waals surface area contributed by atoms with Crippen molar-refractivity contribution in [3.8, 4) is 5.75 Å². The summed E-state index contributed by atoms with van der Waals surface area (Å²) in [4.78, 5) is 0. The molecule has 3 rings (SSSR count). The minimum atomic E-state index is -0.0262. The van der Waals surface area contributed by atoms with Gasteiger partial charge in [0.25, 0.3) is 0 Å². The topological polar surface area (TPSA) is 18.5 Å². The molecule has 0 aliphatic carbocycles. The Morgan fingerprint density at radius 1 is 1.18 bits per heavy atom. The second-order valence-corrected chi connectivity index (χ2v) is 5.34. The summed E-state index contributed by atoms with van der Waals surface area (Å²) in [6, 6.07) is 15.4. The van der Waals surface area contributed by atoms with Crippen molar-refractivity contribution in [1.29, 1.82) is 0 Å². The predicted molar refractivity (Wildman–Crippen MR) is 84.3 cm³/mol. The van der Waals surface area contributed by atoms with Crippen molar-refractivity contribution in [3.05, 3.63) is 70.8 Å². The molecule has 0 saturated carbocycles. The van der Waals surface area contributed by atoms with Crippen LogP contribution in [0, 0.1) is 19.9 Å². The molecule has 1 atom stereocenters. The summed E-state index contributed by atoms with van der Waals surface area (Å²) in [7, 11) is 0. The molecule has 2 aromatic rings. The maximum atomic E-state index is 6.05. The van der Waals surface area contributed by atoms with Crippen LogP contribution in [0.4, 0.5) is 0 Å². The Morgan fingerprint density at radius 3 is 2.73 bits per heavy atom. The molecular weight excluding hydrogens is 349 g/mol. The zero-order valence-corrected chi connectivity index (χ0v) is 15.8. The second-order valence-electron chi connectivity index (χ2n) is 5.34. The fourth-order valence-electron chi connectivity index (χ4n) is 2.39. The molecule has 22 heavy (non-hydrogen) atoms. The number of fused-ring (bicyclic) bond motifs is 1. The van der Waals surface area contributed by atoms with Crippen LogP contribution in [0.25, 0.3) is 6.08 Å². The third kappa shape index (κ3) is 4.07. The number of ether oxygens (including phenoxy) is 2. The summed E-state index contributed by atoms with van der Waals surface area (Å²) in [6.45, 7) is 5.30. The maximum absolute atomic E-state index is 6.05. The van der Waals surface area contributed by atoms with E-state index >= 15 is 0 Å². The zero-order chi connectivity index (χ0) is 14.7. The minimum Gasteiger partial charge on any atom is -0.509 e. The second kappa shape index (κ2) is 8.05. The zero-order valence-electron chi connectivity index (χ0n) is 13.0. The quantitative estimate of drug-likeness (QED) is 0.757. The van der Waals surface area contributed by atoms with Crippen molar-refractivity contribution in [2.75, 3.05) is 6.61 Å². The van der Waals surface area contributed by atoms with Crippen LogP contribution < -0.4 is 4.74 Å². The fraction of sp³-hybridized carbons (Fsp3) is 0.263. The molecule has 0 aromatic heterocycles. The Labute approximate surface area is 157 Å². The summed E-state index contributed by atoms with van der Waals surface area (Å²) < 4.78 is 11.8. The van der Waals surface area contributed by atoms with Gasteiger partial charge in [-0.2, -0.15) is 17.7 Å². The van der Waals surface area contributed by atoms with E-state index in [1.807, 2.05) is 24.3 Å². The Kier molecular flexibility index (Phi) is 6.37. The van der Waals surface area contributed by atoms with Crippen LogP contribution >= 0.6 is 0 Å². The molecule has 0 amide bonds. The van der Waals surface area contributed by atoms with Gasteiger partial charge in [-0.25, -0.2) is 0 Å².